The minimum absolute atomic E-state index is 0.192. The van der Waals surface area contributed by atoms with E-state index in [4.69, 9.17) is 5.11 Å². The molecule has 2 rings (SSSR count). The fourth-order valence-electron chi connectivity index (χ4n) is 1.46. The molecule has 1 saturated heterocycles. The summed E-state index contributed by atoms with van der Waals surface area (Å²) in [6, 6.07) is 12.0. The Balaban J connectivity index is 0.000000162. The van der Waals surface area contributed by atoms with Gasteiger partial charge in [0.2, 0.25) is 0 Å². The molecular formula is C12H19NOS. The van der Waals surface area contributed by atoms with Crippen molar-refractivity contribution in [3.8, 4) is 0 Å². The Hall–Kier alpha value is -0.510. The largest absolute Gasteiger partial charge is 0.391 e. The minimum atomic E-state index is -0.192. The van der Waals surface area contributed by atoms with Gasteiger partial charge in [0, 0.05) is 12.3 Å². The van der Waals surface area contributed by atoms with Gasteiger partial charge in [0.1, 0.15) is 0 Å². The SMILES string of the molecule is CC(O)C1SCCN1C.c1ccccc1. The van der Waals surface area contributed by atoms with Gasteiger partial charge in [-0.3, -0.25) is 4.90 Å². The van der Waals surface area contributed by atoms with Crippen LogP contribution in [-0.2, 0) is 0 Å². The highest BCUT2D eigenvalue weighted by Gasteiger charge is 2.25. The standard InChI is InChI=1S/C6H13NOS.C6H6/c1-5(8)6-7(2)3-4-9-6;1-2-4-6-5-3-1/h5-6,8H,3-4H2,1-2H3;1-6H. The number of aliphatic hydroxyl groups is 1. The first kappa shape index (κ1) is 12.6. The summed E-state index contributed by atoms with van der Waals surface area (Å²) in [5, 5.41) is 9.50. The van der Waals surface area contributed by atoms with E-state index in [1.54, 1.807) is 0 Å². The van der Waals surface area contributed by atoms with Crippen LogP contribution in [0.25, 0.3) is 0 Å². The summed E-state index contributed by atoms with van der Waals surface area (Å²) in [7, 11) is 2.05. The Morgan fingerprint density at radius 2 is 1.67 bits per heavy atom. The van der Waals surface area contributed by atoms with E-state index in [2.05, 4.69) is 11.9 Å². The highest BCUT2D eigenvalue weighted by Crippen LogP contribution is 2.24. The topological polar surface area (TPSA) is 23.5 Å². The second kappa shape index (κ2) is 6.88. The summed E-state index contributed by atoms with van der Waals surface area (Å²) < 4.78 is 0. The summed E-state index contributed by atoms with van der Waals surface area (Å²) in [5.41, 5.74) is 0. The number of thioether (sulfide) groups is 1. The number of likely N-dealkylation sites (N-methyl/N-ethyl adjacent to an activating group) is 1. The van der Waals surface area contributed by atoms with Crippen molar-refractivity contribution in [2.75, 3.05) is 19.3 Å². The number of aliphatic hydroxyl groups excluding tert-OH is 1. The van der Waals surface area contributed by atoms with Crippen molar-refractivity contribution in [3.05, 3.63) is 36.4 Å². The van der Waals surface area contributed by atoms with Crippen molar-refractivity contribution in [1.82, 2.24) is 4.90 Å². The molecule has 2 atom stereocenters. The highest BCUT2D eigenvalue weighted by atomic mass is 32.2. The monoisotopic (exact) mass is 225 g/mol. The summed E-state index contributed by atoms with van der Waals surface area (Å²) in [6.07, 6.45) is -0.192. The first-order valence-corrected chi connectivity index (χ1v) is 6.26. The van der Waals surface area contributed by atoms with E-state index >= 15 is 0 Å². The molecule has 15 heavy (non-hydrogen) atoms. The Bertz CT molecular complexity index is 226. The Labute approximate surface area is 96.3 Å². The van der Waals surface area contributed by atoms with Crippen LogP contribution in [0, 0.1) is 0 Å². The number of rotatable bonds is 1. The van der Waals surface area contributed by atoms with Crippen LogP contribution in [0.5, 0.6) is 0 Å². The maximum Gasteiger partial charge on any atom is 0.0815 e. The van der Waals surface area contributed by atoms with Gasteiger partial charge in [0.25, 0.3) is 0 Å². The van der Waals surface area contributed by atoms with Crippen molar-refractivity contribution in [3.63, 3.8) is 0 Å². The number of hydrogen-bond acceptors (Lipinski definition) is 3. The third-order valence-corrected chi connectivity index (χ3v) is 3.76. The van der Waals surface area contributed by atoms with E-state index in [0.717, 1.165) is 12.3 Å². The van der Waals surface area contributed by atoms with Gasteiger partial charge in [-0.15, -0.1) is 11.8 Å². The molecule has 0 radical (unpaired) electrons. The second-order valence-corrected chi connectivity index (χ2v) is 4.86. The molecule has 0 saturated carbocycles. The van der Waals surface area contributed by atoms with Gasteiger partial charge in [-0.1, -0.05) is 36.4 Å². The van der Waals surface area contributed by atoms with E-state index in [1.165, 1.54) is 0 Å². The summed E-state index contributed by atoms with van der Waals surface area (Å²) >= 11 is 1.83. The summed E-state index contributed by atoms with van der Waals surface area (Å²) in [5.74, 6) is 1.16. The maximum absolute atomic E-state index is 9.16. The zero-order chi connectivity index (χ0) is 11.1. The van der Waals surface area contributed by atoms with Crippen molar-refractivity contribution < 1.29 is 5.11 Å². The fraction of sp³-hybridized carbons (Fsp3) is 0.500. The van der Waals surface area contributed by atoms with Crippen LogP contribution in [-0.4, -0.2) is 40.8 Å². The number of benzene rings is 1. The van der Waals surface area contributed by atoms with E-state index in [0.29, 0.717) is 5.37 Å². The molecule has 0 spiro atoms. The van der Waals surface area contributed by atoms with Crippen molar-refractivity contribution >= 4 is 11.8 Å². The number of nitrogens with zero attached hydrogens (tertiary/aromatic N) is 1. The minimum Gasteiger partial charge on any atom is -0.391 e. The molecule has 1 aliphatic rings. The molecule has 2 nitrogen and oxygen atoms in total. The van der Waals surface area contributed by atoms with Gasteiger partial charge in [0.15, 0.2) is 0 Å². The van der Waals surface area contributed by atoms with Crippen molar-refractivity contribution in [2.45, 2.75) is 18.4 Å². The zero-order valence-corrected chi connectivity index (χ0v) is 10.2. The first-order chi connectivity index (χ1) is 7.22. The smallest absolute Gasteiger partial charge is 0.0815 e. The van der Waals surface area contributed by atoms with E-state index in [9.17, 15) is 0 Å². The van der Waals surface area contributed by atoms with Gasteiger partial charge in [-0.2, -0.15) is 0 Å². The molecule has 0 amide bonds. The normalized spacial score (nSPS) is 23.0. The highest BCUT2D eigenvalue weighted by molar-refractivity contribution is 8.00. The molecule has 1 heterocycles. The first-order valence-electron chi connectivity index (χ1n) is 5.21. The maximum atomic E-state index is 9.16. The average Bonchev–Trinajstić information content (AvgIpc) is 2.68. The van der Waals surface area contributed by atoms with Crippen LogP contribution in [0.4, 0.5) is 0 Å². The lowest BCUT2D eigenvalue weighted by molar-refractivity contribution is 0.133. The molecule has 0 aliphatic carbocycles. The molecular weight excluding hydrogens is 206 g/mol. The Morgan fingerprint density at radius 1 is 1.20 bits per heavy atom. The second-order valence-electron chi connectivity index (χ2n) is 3.64. The van der Waals surface area contributed by atoms with Gasteiger partial charge in [-0.05, 0) is 14.0 Å². The van der Waals surface area contributed by atoms with Gasteiger partial charge in [0.05, 0.1) is 11.5 Å². The zero-order valence-electron chi connectivity index (χ0n) is 9.34. The molecule has 0 bridgehead atoms. The molecule has 1 aliphatic heterocycles. The number of hydrogen-bond donors (Lipinski definition) is 1. The summed E-state index contributed by atoms with van der Waals surface area (Å²) in [4.78, 5) is 2.19. The van der Waals surface area contributed by atoms with Gasteiger partial charge in [-0.25, -0.2) is 0 Å². The Morgan fingerprint density at radius 3 is 1.87 bits per heavy atom. The lowest BCUT2D eigenvalue weighted by Gasteiger charge is -2.20. The predicted molar refractivity (Wildman–Crippen MR) is 67.0 cm³/mol. The average molecular weight is 225 g/mol. The quantitative estimate of drug-likeness (QED) is 0.791. The van der Waals surface area contributed by atoms with Crippen LogP contribution in [0.1, 0.15) is 6.92 Å². The van der Waals surface area contributed by atoms with Crippen LogP contribution < -0.4 is 0 Å². The van der Waals surface area contributed by atoms with E-state index in [-0.39, 0.29) is 6.10 Å². The van der Waals surface area contributed by atoms with Crippen LogP contribution >= 0.6 is 11.8 Å². The lowest BCUT2D eigenvalue weighted by Crippen LogP contribution is -2.32. The van der Waals surface area contributed by atoms with Crippen LogP contribution in [0.15, 0.2) is 36.4 Å². The van der Waals surface area contributed by atoms with E-state index < -0.39 is 0 Å². The molecule has 3 heteroatoms. The third kappa shape index (κ3) is 4.69. The molecule has 1 fully saturated rings. The van der Waals surface area contributed by atoms with E-state index in [1.807, 2.05) is 55.1 Å². The Kier molecular flexibility index (Phi) is 5.76. The molecule has 1 N–H and O–H groups in total. The molecule has 0 aromatic heterocycles. The van der Waals surface area contributed by atoms with Crippen LogP contribution in [0.2, 0.25) is 0 Å². The van der Waals surface area contributed by atoms with Crippen molar-refractivity contribution in [2.24, 2.45) is 0 Å². The van der Waals surface area contributed by atoms with Gasteiger partial charge < -0.3 is 5.11 Å². The van der Waals surface area contributed by atoms with Gasteiger partial charge >= 0.3 is 0 Å². The molecule has 1 aromatic rings. The lowest BCUT2D eigenvalue weighted by atomic mass is 10.4. The summed E-state index contributed by atoms with van der Waals surface area (Å²) in [6.45, 7) is 2.96. The fourth-order valence-corrected chi connectivity index (χ4v) is 2.74. The van der Waals surface area contributed by atoms with Crippen molar-refractivity contribution in [1.29, 1.82) is 0 Å². The predicted octanol–water partition coefficient (Wildman–Crippen LogP) is 2.06. The van der Waals surface area contributed by atoms with Crippen LogP contribution in [0.3, 0.4) is 0 Å². The molecule has 2 unspecified atom stereocenters. The molecule has 1 aromatic carbocycles. The molecule has 84 valence electrons. The third-order valence-electron chi connectivity index (χ3n) is 2.25.